The number of nitrogens with one attached hydrogen (secondary N) is 1. The molecule has 86 valence electrons. The molecule has 0 saturated heterocycles. The summed E-state index contributed by atoms with van der Waals surface area (Å²) in [5.74, 6) is 0.994. The van der Waals surface area contributed by atoms with Crippen LogP contribution in [0.3, 0.4) is 0 Å². The highest BCUT2D eigenvalue weighted by Gasteiger charge is 2.32. The number of carbonyl (C=O) groups is 1. The van der Waals surface area contributed by atoms with Crippen molar-refractivity contribution < 1.29 is 4.79 Å². The first-order chi connectivity index (χ1) is 7.68. The average Bonchev–Trinajstić information content (AvgIpc) is 3.13. The van der Waals surface area contributed by atoms with Gasteiger partial charge in [0.25, 0.3) is 0 Å². The predicted molar refractivity (Wildman–Crippen MR) is 64.9 cm³/mol. The van der Waals surface area contributed by atoms with Crippen LogP contribution >= 0.6 is 0 Å². The zero-order chi connectivity index (χ0) is 11.5. The summed E-state index contributed by atoms with van der Waals surface area (Å²) in [5.41, 5.74) is 1.17. The van der Waals surface area contributed by atoms with Crippen molar-refractivity contribution in [2.45, 2.75) is 32.7 Å². The fourth-order valence-electron chi connectivity index (χ4n) is 1.98. The maximum absolute atomic E-state index is 11.9. The average molecular weight is 217 g/mol. The summed E-state index contributed by atoms with van der Waals surface area (Å²) in [7, 11) is 0. The molecule has 0 spiro atoms. The van der Waals surface area contributed by atoms with Crippen LogP contribution < -0.4 is 5.32 Å². The van der Waals surface area contributed by atoms with E-state index in [9.17, 15) is 4.79 Å². The second-order valence-corrected chi connectivity index (χ2v) is 4.77. The van der Waals surface area contributed by atoms with Crippen LogP contribution in [-0.2, 0) is 4.79 Å². The first-order valence-corrected chi connectivity index (χ1v) is 6.04. The minimum atomic E-state index is 0.106. The van der Waals surface area contributed by atoms with Crippen molar-refractivity contribution in [3.8, 4) is 0 Å². The Morgan fingerprint density at radius 3 is 2.44 bits per heavy atom. The van der Waals surface area contributed by atoms with Gasteiger partial charge in [-0.2, -0.15) is 0 Å². The number of benzene rings is 1. The lowest BCUT2D eigenvalue weighted by atomic mass is 10.0. The molecule has 2 rings (SSSR count). The van der Waals surface area contributed by atoms with Gasteiger partial charge in [-0.1, -0.05) is 37.3 Å². The van der Waals surface area contributed by atoms with Crippen LogP contribution in [0.25, 0.3) is 0 Å². The van der Waals surface area contributed by atoms with Crippen LogP contribution in [0.2, 0.25) is 0 Å². The fourth-order valence-corrected chi connectivity index (χ4v) is 1.98. The molecule has 1 fully saturated rings. The third-order valence-electron chi connectivity index (χ3n) is 3.40. The molecular formula is C14H19NO. The first-order valence-electron chi connectivity index (χ1n) is 6.04. The van der Waals surface area contributed by atoms with Gasteiger partial charge in [0, 0.05) is 5.92 Å². The van der Waals surface area contributed by atoms with Gasteiger partial charge in [-0.05, 0) is 31.2 Å². The normalized spacial score (nSPS) is 18.9. The lowest BCUT2D eigenvalue weighted by Crippen LogP contribution is -2.32. The Balaban J connectivity index is 1.91. The van der Waals surface area contributed by atoms with E-state index < -0.39 is 0 Å². The molecule has 0 bridgehead atoms. The van der Waals surface area contributed by atoms with E-state index in [2.05, 4.69) is 5.32 Å². The van der Waals surface area contributed by atoms with Gasteiger partial charge in [0.15, 0.2) is 0 Å². The molecule has 2 atom stereocenters. The Hall–Kier alpha value is -1.31. The molecule has 2 unspecified atom stereocenters. The minimum absolute atomic E-state index is 0.106. The van der Waals surface area contributed by atoms with Crippen LogP contribution in [0, 0.1) is 11.8 Å². The number of hydrogen-bond donors (Lipinski definition) is 1. The summed E-state index contributed by atoms with van der Waals surface area (Å²) in [6.45, 7) is 4.07. The first kappa shape index (κ1) is 11.2. The largest absolute Gasteiger partial charge is 0.349 e. The molecule has 1 aromatic carbocycles. The van der Waals surface area contributed by atoms with Crippen molar-refractivity contribution in [2.24, 2.45) is 11.8 Å². The van der Waals surface area contributed by atoms with Gasteiger partial charge in [0.05, 0.1) is 6.04 Å². The van der Waals surface area contributed by atoms with Crippen LogP contribution in [0.5, 0.6) is 0 Å². The lowest BCUT2D eigenvalue weighted by molar-refractivity contribution is -0.125. The van der Waals surface area contributed by atoms with Crippen molar-refractivity contribution in [2.75, 3.05) is 0 Å². The van der Waals surface area contributed by atoms with Gasteiger partial charge >= 0.3 is 0 Å². The van der Waals surface area contributed by atoms with E-state index in [1.54, 1.807) is 0 Å². The molecule has 1 aliphatic rings. The molecule has 16 heavy (non-hydrogen) atoms. The minimum Gasteiger partial charge on any atom is -0.349 e. The highest BCUT2D eigenvalue weighted by Crippen LogP contribution is 2.36. The molecule has 1 aliphatic carbocycles. The highest BCUT2D eigenvalue weighted by molar-refractivity contribution is 5.79. The Morgan fingerprint density at radius 1 is 1.25 bits per heavy atom. The Kier molecular flexibility index (Phi) is 3.28. The monoisotopic (exact) mass is 217 g/mol. The zero-order valence-electron chi connectivity index (χ0n) is 9.94. The summed E-state index contributed by atoms with van der Waals surface area (Å²) in [5, 5.41) is 3.08. The number of amides is 1. The van der Waals surface area contributed by atoms with Gasteiger partial charge in [-0.3, -0.25) is 4.79 Å². The maximum Gasteiger partial charge on any atom is 0.223 e. The van der Waals surface area contributed by atoms with Gasteiger partial charge in [0.2, 0.25) is 5.91 Å². The fraction of sp³-hybridized carbons (Fsp3) is 0.500. The quantitative estimate of drug-likeness (QED) is 0.825. The number of carbonyl (C=O) groups excluding carboxylic acids is 1. The van der Waals surface area contributed by atoms with E-state index >= 15 is 0 Å². The molecule has 0 aromatic heterocycles. The molecule has 1 saturated carbocycles. The summed E-state index contributed by atoms with van der Waals surface area (Å²) < 4.78 is 0. The second kappa shape index (κ2) is 4.69. The molecule has 0 heterocycles. The van der Waals surface area contributed by atoms with E-state index in [4.69, 9.17) is 0 Å². The van der Waals surface area contributed by atoms with Crippen molar-refractivity contribution in [1.82, 2.24) is 5.32 Å². The van der Waals surface area contributed by atoms with Gasteiger partial charge in [-0.25, -0.2) is 0 Å². The van der Waals surface area contributed by atoms with Crippen molar-refractivity contribution in [1.29, 1.82) is 0 Å². The standard InChI is InChI=1S/C14H19NO/c1-10(12-8-9-12)14(16)15-11(2)13-6-4-3-5-7-13/h3-7,10-12H,8-9H2,1-2H3,(H,15,16). The molecule has 1 N–H and O–H groups in total. The van der Waals surface area contributed by atoms with Crippen LogP contribution in [0.4, 0.5) is 0 Å². The highest BCUT2D eigenvalue weighted by atomic mass is 16.1. The third kappa shape index (κ3) is 2.63. The summed E-state index contributed by atoms with van der Waals surface area (Å²) >= 11 is 0. The Labute approximate surface area is 97.1 Å². The zero-order valence-corrected chi connectivity index (χ0v) is 9.94. The summed E-state index contributed by atoms with van der Waals surface area (Å²) in [6, 6.07) is 10.2. The molecule has 0 aliphatic heterocycles. The number of hydrogen-bond acceptors (Lipinski definition) is 1. The van der Waals surface area contributed by atoms with E-state index in [1.807, 2.05) is 44.2 Å². The van der Waals surface area contributed by atoms with E-state index in [1.165, 1.54) is 18.4 Å². The Bertz CT molecular complexity index is 356. The van der Waals surface area contributed by atoms with Gasteiger partial charge in [-0.15, -0.1) is 0 Å². The molecule has 1 aromatic rings. The predicted octanol–water partition coefficient (Wildman–Crippen LogP) is 2.91. The second-order valence-electron chi connectivity index (χ2n) is 4.77. The SMILES string of the molecule is CC(NC(=O)C(C)C1CC1)c1ccccc1. The Morgan fingerprint density at radius 2 is 1.88 bits per heavy atom. The van der Waals surface area contributed by atoms with Crippen molar-refractivity contribution in [3.63, 3.8) is 0 Å². The third-order valence-corrected chi connectivity index (χ3v) is 3.40. The summed E-state index contributed by atoms with van der Waals surface area (Å²) in [4.78, 5) is 11.9. The molecule has 2 heteroatoms. The topological polar surface area (TPSA) is 29.1 Å². The van der Waals surface area contributed by atoms with E-state index in [0.717, 1.165) is 0 Å². The van der Waals surface area contributed by atoms with E-state index in [-0.39, 0.29) is 17.9 Å². The molecule has 0 radical (unpaired) electrons. The number of rotatable bonds is 4. The van der Waals surface area contributed by atoms with Gasteiger partial charge < -0.3 is 5.32 Å². The molecule has 1 amide bonds. The van der Waals surface area contributed by atoms with Crippen LogP contribution in [0.15, 0.2) is 30.3 Å². The molecular weight excluding hydrogens is 198 g/mol. The van der Waals surface area contributed by atoms with Crippen molar-refractivity contribution >= 4 is 5.91 Å². The van der Waals surface area contributed by atoms with E-state index in [0.29, 0.717) is 5.92 Å². The summed E-state index contributed by atoms with van der Waals surface area (Å²) in [6.07, 6.45) is 2.43. The maximum atomic E-state index is 11.9. The smallest absolute Gasteiger partial charge is 0.223 e. The lowest BCUT2D eigenvalue weighted by Gasteiger charge is -2.17. The van der Waals surface area contributed by atoms with Gasteiger partial charge in [0.1, 0.15) is 0 Å². The van der Waals surface area contributed by atoms with Crippen LogP contribution in [-0.4, -0.2) is 5.91 Å². The van der Waals surface area contributed by atoms with Crippen molar-refractivity contribution in [3.05, 3.63) is 35.9 Å². The molecule has 2 nitrogen and oxygen atoms in total. The van der Waals surface area contributed by atoms with Crippen LogP contribution in [0.1, 0.15) is 38.3 Å².